The van der Waals surface area contributed by atoms with E-state index in [1.165, 1.54) is 23.3 Å². The molecular formula is C27H21ClF2. The third kappa shape index (κ3) is 4.44. The molecular weight excluding hydrogens is 398 g/mol. The first kappa shape index (κ1) is 20.3. The van der Waals surface area contributed by atoms with E-state index in [2.05, 4.69) is 55.5 Å². The number of halogens is 3. The molecule has 30 heavy (non-hydrogen) atoms. The van der Waals surface area contributed by atoms with Crippen molar-refractivity contribution in [1.29, 1.82) is 0 Å². The van der Waals surface area contributed by atoms with Gasteiger partial charge in [0, 0.05) is 0 Å². The molecule has 1 atom stereocenters. The van der Waals surface area contributed by atoms with Gasteiger partial charge in [-0.25, -0.2) is 8.78 Å². The van der Waals surface area contributed by atoms with Crippen molar-refractivity contribution in [3.63, 3.8) is 0 Å². The van der Waals surface area contributed by atoms with Gasteiger partial charge in [-0.2, -0.15) is 0 Å². The molecule has 0 nitrogen and oxygen atoms in total. The molecule has 4 aromatic rings. The van der Waals surface area contributed by atoms with E-state index < -0.39 is 16.7 Å². The maximum atomic E-state index is 13.7. The molecule has 0 saturated carbocycles. The van der Waals surface area contributed by atoms with Crippen LogP contribution >= 0.6 is 11.6 Å². The fourth-order valence-corrected chi connectivity index (χ4v) is 3.77. The van der Waals surface area contributed by atoms with Crippen LogP contribution in [-0.2, 0) is 6.42 Å². The normalized spacial score (nSPS) is 12.0. The number of hydrogen-bond acceptors (Lipinski definition) is 0. The van der Waals surface area contributed by atoms with Gasteiger partial charge in [0.2, 0.25) is 0 Å². The minimum Gasteiger partial charge on any atom is -0.205 e. The standard InChI is InChI=1S/C27H21ClF2/c1-18(20-5-3-2-4-6-20)15-19-7-9-21(10-8-19)22-11-13-23(14-12-22)24-16-25(29)27(28)26(30)17-24/h2-14,16-18H,15H2,1H3/t18-/m1/s1. The maximum Gasteiger partial charge on any atom is 0.145 e. The van der Waals surface area contributed by atoms with Crippen LogP contribution in [0, 0.1) is 11.6 Å². The minimum atomic E-state index is -0.754. The van der Waals surface area contributed by atoms with Crippen molar-refractivity contribution < 1.29 is 8.78 Å². The van der Waals surface area contributed by atoms with Crippen LogP contribution in [0.25, 0.3) is 22.3 Å². The molecule has 0 aliphatic rings. The van der Waals surface area contributed by atoms with Gasteiger partial charge in [-0.1, -0.05) is 97.4 Å². The van der Waals surface area contributed by atoms with Crippen molar-refractivity contribution in [3.8, 4) is 22.3 Å². The molecule has 0 saturated heterocycles. The van der Waals surface area contributed by atoms with Crippen LogP contribution in [0.4, 0.5) is 8.78 Å². The monoisotopic (exact) mass is 418 g/mol. The Labute approximate surface area is 180 Å². The molecule has 0 bridgehead atoms. The van der Waals surface area contributed by atoms with Crippen LogP contribution in [-0.4, -0.2) is 0 Å². The molecule has 4 rings (SSSR count). The minimum absolute atomic E-state index is 0.455. The number of hydrogen-bond donors (Lipinski definition) is 0. The van der Waals surface area contributed by atoms with E-state index in [0.717, 1.165) is 23.1 Å². The van der Waals surface area contributed by atoms with Crippen LogP contribution in [0.3, 0.4) is 0 Å². The second kappa shape index (κ2) is 8.81. The fourth-order valence-electron chi connectivity index (χ4n) is 3.66. The molecule has 0 fully saturated rings. The maximum absolute atomic E-state index is 13.7. The van der Waals surface area contributed by atoms with E-state index in [1.54, 1.807) is 0 Å². The van der Waals surface area contributed by atoms with Crippen LogP contribution in [0.15, 0.2) is 91.0 Å². The largest absolute Gasteiger partial charge is 0.205 e. The molecule has 0 N–H and O–H groups in total. The Balaban J connectivity index is 1.49. The lowest BCUT2D eigenvalue weighted by Gasteiger charge is -2.12. The summed E-state index contributed by atoms with van der Waals surface area (Å²) in [7, 11) is 0. The van der Waals surface area contributed by atoms with Gasteiger partial charge in [-0.05, 0) is 57.9 Å². The second-order valence-corrected chi connectivity index (χ2v) is 7.92. The molecule has 0 amide bonds. The summed E-state index contributed by atoms with van der Waals surface area (Å²) in [5.41, 5.74) is 5.99. The summed E-state index contributed by atoms with van der Waals surface area (Å²) < 4.78 is 27.5. The molecule has 0 spiro atoms. The first-order valence-corrected chi connectivity index (χ1v) is 10.3. The Hall–Kier alpha value is -2.97. The van der Waals surface area contributed by atoms with Gasteiger partial charge in [0.15, 0.2) is 0 Å². The second-order valence-electron chi connectivity index (χ2n) is 7.54. The average Bonchev–Trinajstić information content (AvgIpc) is 2.78. The molecule has 3 heteroatoms. The zero-order chi connectivity index (χ0) is 21.1. The van der Waals surface area contributed by atoms with Crippen molar-refractivity contribution in [2.45, 2.75) is 19.3 Å². The third-order valence-corrected chi connectivity index (χ3v) is 5.76. The lowest BCUT2D eigenvalue weighted by molar-refractivity contribution is 0.585. The van der Waals surface area contributed by atoms with E-state index in [1.807, 2.05) is 30.3 Å². The summed E-state index contributed by atoms with van der Waals surface area (Å²) >= 11 is 5.57. The quantitative estimate of drug-likeness (QED) is 0.286. The van der Waals surface area contributed by atoms with E-state index in [0.29, 0.717) is 11.5 Å². The Morgan fingerprint density at radius 2 is 1.13 bits per heavy atom. The smallest absolute Gasteiger partial charge is 0.145 e. The molecule has 4 aromatic carbocycles. The highest BCUT2D eigenvalue weighted by Gasteiger charge is 2.10. The van der Waals surface area contributed by atoms with E-state index >= 15 is 0 Å². The zero-order valence-corrected chi connectivity index (χ0v) is 17.3. The van der Waals surface area contributed by atoms with Gasteiger partial charge in [0.25, 0.3) is 0 Å². The average molecular weight is 419 g/mol. The van der Waals surface area contributed by atoms with Crippen LogP contribution in [0.5, 0.6) is 0 Å². The lowest BCUT2D eigenvalue weighted by Crippen LogP contribution is -1.98. The predicted molar refractivity (Wildman–Crippen MR) is 121 cm³/mol. The number of rotatable bonds is 5. The van der Waals surface area contributed by atoms with Gasteiger partial charge in [0.1, 0.15) is 16.7 Å². The third-order valence-electron chi connectivity index (χ3n) is 5.40. The highest BCUT2D eigenvalue weighted by Crippen LogP contribution is 2.29. The summed E-state index contributed by atoms with van der Waals surface area (Å²) in [6.07, 6.45) is 0.983. The molecule has 0 unspecified atom stereocenters. The highest BCUT2D eigenvalue weighted by molar-refractivity contribution is 6.31. The summed E-state index contributed by atoms with van der Waals surface area (Å²) in [6, 6.07) is 29.2. The Kier molecular flexibility index (Phi) is 5.96. The topological polar surface area (TPSA) is 0 Å². The van der Waals surface area contributed by atoms with Gasteiger partial charge >= 0.3 is 0 Å². The number of benzene rings is 4. The molecule has 150 valence electrons. The molecule has 0 aromatic heterocycles. The van der Waals surface area contributed by atoms with Crippen molar-refractivity contribution >= 4 is 11.6 Å². The first-order chi connectivity index (χ1) is 14.5. The Morgan fingerprint density at radius 3 is 1.67 bits per heavy atom. The lowest BCUT2D eigenvalue weighted by atomic mass is 9.92. The van der Waals surface area contributed by atoms with E-state index in [-0.39, 0.29) is 0 Å². The van der Waals surface area contributed by atoms with Gasteiger partial charge in [-0.3, -0.25) is 0 Å². The van der Waals surface area contributed by atoms with Gasteiger partial charge in [-0.15, -0.1) is 0 Å². The molecule has 0 heterocycles. The fraction of sp³-hybridized carbons (Fsp3) is 0.111. The molecule has 0 radical (unpaired) electrons. The highest BCUT2D eigenvalue weighted by atomic mass is 35.5. The predicted octanol–water partition coefficient (Wildman–Crippen LogP) is 8.30. The van der Waals surface area contributed by atoms with Crippen molar-refractivity contribution in [3.05, 3.63) is 119 Å². The summed E-state index contributed by atoms with van der Waals surface area (Å²) in [4.78, 5) is 0. The van der Waals surface area contributed by atoms with E-state index in [4.69, 9.17) is 11.6 Å². The Morgan fingerprint density at radius 1 is 0.667 bits per heavy atom. The molecule has 0 aliphatic carbocycles. The van der Waals surface area contributed by atoms with Crippen LogP contribution in [0.2, 0.25) is 5.02 Å². The summed E-state index contributed by atoms with van der Waals surface area (Å²) in [6.45, 7) is 2.24. The Bertz CT molecular complexity index is 1110. The van der Waals surface area contributed by atoms with Crippen LogP contribution in [0.1, 0.15) is 24.0 Å². The first-order valence-electron chi connectivity index (χ1n) is 9.90. The van der Waals surface area contributed by atoms with Gasteiger partial charge < -0.3 is 0 Å². The summed E-state index contributed by atoms with van der Waals surface area (Å²) in [5, 5.41) is -0.475. The molecule has 0 aliphatic heterocycles. The van der Waals surface area contributed by atoms with Crippen LogP contribution < -0.4 is 0 Å². The van der Waals surface area contributed by atoms with E-state index in [9.17, 15) is 8.78 Å². The zero-order valence-electron chi connectivity index (χ0n) is 16.6. The van der Waals surface area contributed by atoms with Crippen molar-refractivity contribution in [2.75, 3.05) is 0 Å². The van der Waals surface area contributed by atoms with Crippen molar-refractivity contribution in [1.82, 2.24) is 0 Å². The van der Waals surface area contributed by atoms with Crippen molar-refractivity contribution in [2.24, 2.45) is 0 Å². The summed E-state index contributed by atoms with van der Waals surface area (Å²) in [5.74, 6) is -1.05. The SMILES string of the molecule is C[C@H](Cc1ccc(-c2ccc(-c3cc(F)c(Cl)c(F)c3)cc2)cc1)c1ccccc1. The van der Waals surface area contributed by atoms with Gasteiger partial charge in [0.05, 0.1) is 0 Å².